The summed E-state index contributed by atoms with van der Waals surface area (Å²) in [6, 6.07) is 0. The zero-order valence-electron chi connectivity index (χ0n) is 18.6. The first-order valence-corrected chi connectivity index (χ1v) is 11.1. The van der Waals surface area contributed by atoms with Gasteiger partial charge in [-0.2, -0.15) is 0 Å². The van der Waals surface area contributed by atoms with Crippen molar-refractivity contribution in [2.45, 2.75) is 32.6 Å². The number of carboxylic acids is 1. The van der Waals surface area contributed by atoms with Crippen LogP contribution in [0.4, 0.5) is 0 Å². The number of nitrogens with zero attached hydrogens (tertiary/aromatic N) is 2. The molecular formula is C23H36N4O3. The van der Waals surface area contributed by atoms with Gasteiger partial charge in [0.25, 0.3) is 0 Å². The van der Waals surface area contributed by atoms with Gasteiger partial charge in [0.15, 0.2) is 5.96 Å². The number of nitrogens with two attached hydrogens (primary N) is 1. The summed E-state index contributed by atoms with van der Waals surface area (Å²) < 4.78 is 5.49. The van der Waals surface area contributed by atoms with Crippen molar-refractivity contribution in [2.24, 2.45) is 45.2 Å². The molecule has 2 saturated carbocycles. The van der Waals surface area contributed by atoms with E-state index in [1.54, 1.807) is 14.2 Å². The van der Waals surface area contributed by atoms with Crippen LogP contribution in [0.1, 0.15) is 32.6 Å². The van der Waals surface area contributed by atoms with Crippen molar-refractivity contribution in [1.82, 2.24) is 10.2 Å². The Bertz CT molecular complexity index is 806. The maximum absolute atomic E-state index is 12.4. The van der Waals surface area contributed by atoms with E-state index in [0.29, 0.717) is 35.9 Å². The summed E-state index contributed by atoms with van der Waals surface area (Å²) in [7, 11) is 5.40. The van der Waals surface area contributed by atoms with Crippen LogP contribution in [-0.4, -0.2) is 62.8 Å². The summed E-state index contributed by atoms with van der Waals surface area (Å²) in [5, 5.41) is 13.6. The van der Waals surface area contributed by atoms with Crippen molar-refractivity contribution >= 4 is 11.9 Å². The van der Waals surface area contributed by atoms with E-state index in [2.05, 4.69) is 34.4 Å². The van der Waals surface area contributed by atoms with Crippen LogP contribution in [0.2, 0.25) is 0 Å². The van der Waals surface area contributed by atoms with Crippen LogP contribution in [-0.2, 0) is 9.53 Å². The van der Waals surface area contributed by atoms with Crippen molar-refractivity contribution in [1.29, 1.82) is 0 Å². The lowest BCUT2D eigenvalue weighted by atomic mass is 9.46. The van der Waals surface area contributed by atoms with Gasteiger partial charge in [0.1, 0.15) is 0 Å². The molecule has 30 heavy (non-hydrogen) atoms. The Labute approximate surface area is 179 Å². The number of ether oxygens (including phenoxy) is 1. The van der Waals surface area contributed by atoms with E-state index in [-0.39, 0.29) is 16.7 Å². The molecule has 2 spiro atoms. The molecule has 0 aromatic rings. The van der Waals surface area contributed by atoms with Gasteiger partial charge in [-0.1, -0.05) is 18.6 Å². The number of aliphatic carboxylic acids is 1. The number of hydrogen-bond acceptors (Lipinski definition) is 4. The molecule has 7 heteroatoms. The highest BCUT2D eigenvalue weighted by Gasteiger charge is 2.72. The molecule has 2 fully saturated rings. The van der Waals surface area contributed by atoms with Gasteiger partial charge in [0.05, 0.1) is 6.61 Å². The number of rotatable bonds is 5. The normalized spacial score (nSPS) is 40.4. The molecule has 7 nitrogen and oxygen atoms in total. The number of carbonyl (C=O) groups is 1. The first-order chi connectivity index (χ1) is 14.4. The second kappa shape index (κ2) is 7.68. The third kappa shape index (κ3) is 2.64. The maximum atomic E-state index is 12.4. The lowest BCUT2D eigenvalue weighted by Crippen LogP contribution is -2.61. The quantitative estimate of drug-likeness (QED) is 0.469. The minimum absolute atomic E-state index is 0.0485. The molecular weight excluding hydrogens is 380 g/mol. The number of methoxy groups -OCH3 is 1. The third-order valence-corrected chi connectivity index (χ3v) is 8.78. The second-order valence-electron chi connectivity index (χ2n) is 9.66. The Morgan fingerprint density at radius 3 is 2.87 bits per heavy atom. The number of nitrogens with one attached hydrogen (secondary N) is 1. The number of allylic oxidation sites excluding steroid dienone is 1. The Morgan fingerprint density at radius 2 is 2.23 bits per heavy atom. The lowest BCUT2D eigenvalue weighted by Gasteiger charge is -2.60. The molecule has 6 atom stereocenters. The first kappa shape index (κ1) is 21.4. The maximum Gasteiger partial charge on any atom is 0.331 e. The van der Waals surface area contributed by atoms with Gasteiger partial charge in [-0.15, -0.1) is 0 Å². The van der Waals surface area contributed by atoms with Crippen LogP contribution in [0, 0.1) is 34.5 Å². The fourth-order valence-corrected chi connectivity index (χ4v) is 7.81. The van der Waals surface area contributed by atoms with Gasteiger partial charge in [-0.25, -0.2) is 4.79 Å². The molecule has 3 aliphatic carbocycles. The van der Waals surface area contributed by atoms with E-state index in [0.717, 1.165) is 38.8 Å². The highest BCUT2D eigenvalue weighted by molar-refractivity contribution is 5.90. The van der Waals surface area contributed by atoms with Crippen molar-refractivity contribution in [3.05, 3.63) is 23.4 Å². The van der Waals surface area contributed by atoms with Crippen LogP contribution in [0.25, 0.3) is 0 Å². The van der Waals surface area contributed by atoms with Gasteiger partial charge in [-0.3, -0.25) is 4.99 Å². The number of hydrogen-bond donors (Lipinski definition) is 3. The fourth-order valence-electron chi connectivity index (χ4n) is 7.81. The summed E-state index contributed by atoms with van der Waals surface area (Å²) in [6.07, 6.45) is 8.40. The fraction of sp³-hybridized carbons (Fsp3) is 0.739. The summed E-state index contributed by atoms with van der Waals surface area (Å²) >= 11 is 0. The molecule has 4 aliphatic rings. The van der Waals surface area contributed by atoms with Crippen LogP contribution < -0.4 is 11.1 Å². The SMILES string of the molecule is CN=C(N)N1C=C[C@H](CNC)[C@@]2(C1)[C@@H]1CC[C@@H](C)[C@]23C[C@H](COC)C(C(=O)O)=C3C1. The van der Waals surface area contributed by atoms with Crippen LogP contribution in [0.3, 0.4) is 0 Å². The largest absolute Gasteiger partial charge is 0.478 e. The summed E-state index contributed by atoms with van der Waals surface area (Å²) in [5.41, 5.74) is 7.92. The molecule has 0 aromatic carbocycles. The molecule has 0 radical (unpaired) electrons. The molecule has 1 heterocycles. The van der Waals surface area contributed by atoms with Crippen LogP contribution in [0.5, 0.6) is 0 Å². The van der Waals surface area contributed by atoms with Crippen molar-refractivity contribution in [2.75, 3.05) is 40.9 Å². The number of aliphatic imine (C=N–C) groups is 1. The Hall–Kier alpha value is -1.86. The molecule has 0 aromatic heterocycles. The van der Waals surface area contributed by atoms with Crippen LogP contribution >= 0.6 is 0 Å². The highest BCUT2D eigenvalue weighted by atomic mass is 16.5. The van der Waals surface area contributed by atoms with E-state index in [9.17, 15) is 9.90 Å². The van der Waals surface area contributed by atoms with E-state index < -0.39 is 5.97 Å². The summed E-state index contributed by atoms with van der Waals surface area (Å²) in [4.78, 5) is 18.8. The standard InChI is InChI=1S/C23H36N4O3/c1-14-5-6-16-9-18-19(20(28)29)15(12-30-4)10-22(14,18)23(16)13-27(21(24)26-3)8-7-17(23)11-25-2/h7-8,14-17,25H,5-6,9-13H2,1-4H3,(H2,24,26)(H,28,29)/t14-,15-,16-,17-,22+,23-/m1/s1. The first-order valence-electron chi connectivity index (χ1n) is 11.1. The van der Waals surface area contributed by atoms with Gasteiger partial charge >= 0.3 is 5.97 Å². The van der Waals surface area contributed by atoms with Gasteiger partial charge in [0, 0.05) is 55.8 Å². The molecule has 4 N–H and O–H groups in total. The Morgan fingerprint density at radius 1 is 1.47 bits per heavy atom. The second-order valence-corrected chi connectivity index (χ2v) is 9.66. The van der Waals surface area contributed by atoms with Gasteiger partial charge in [0.2, 0.25) is 0 Å². The molecule has 2 bridgehead atoms. The monoisotopic (exact) mass is 416 g/mol. The minimum Gasteiger partial charge on any atom is -0.478 e. The van der Waals surface area contributed by atoms with E-state index in [1.165, 1.54) is 5.57 Å². The Kier molecular flexibility index (Phi) is 5.47. The summed E-state index contributed by atoms with van der Waals surface area (Å²) in [5.74, 6) is 0.921. The average molecular weight is 417 g/mol. The average Bonchev–Trinajstić information content (AvgIpc) is 3.12. The van der Waals surface area contributed by atoms with E-state index >= 15 is 0 Å². The Balaban J connectivity index is 1.93. The van der Waals surface area contributed by atoms with E-state index in [4.69, 9.17) is 10.5 Å². The topological polar surface area (TPSA) is 100 Å². The number of guanidine groups is 1. The third-order valence-electron chi connectivity index (χ3n) is 8.78. The van der Waals surface area contributed by atoms with Crippen molar-refractivity contribution in [3.63, 3.8) is 0 Å². The molecule has 4 rings (SSSR count). The zero-order chi connectivity index (χ0) is 21.7. The van der Waals surface area contributed by atoms with E-state index in [1.807, 2.05) is 7.05 Å². The van der Waals surface area contributed by atoms with Crippen molar-refractivity contribution < 1.29 is 14.6 Å². The van der Waals surface area contributed by atoms with Gasteiger partial charge in [-0.05, 0) is 50.5 Å². The predicted octanol–water partition coefficient (Wildman–Crippen LogP) is 2.07. The number of carboxylic acid groups (broad SMARTS) is 1. The molecule has 166 valence electrons. The lowest BCUT2D eigenvalue weighted by molar-refractivity contribution is -0.133. The molecule has 0 amide bonds. The minimum atomic E-state index is -0.762. The van der Waals surface area contributed by atoms with Crippen LogP contribution in [0.15, 0.2) is 28.4 Å². The zero-order valence-corrected chi connectivity index (χ0v) is 18.6. The molecule has 0 saturated heterocycles. The molecule has 1 aliphatic heterocycles. The summed E-state index contributed by atoms with van der Waals surface area (Å²) in [6.45, 7) is 4.48. The van der Waals surface area contributed by atoms with Crippen molar-refractivity contribution in [3.8, 4) is 0 Å². The smallest absolute Gasteiger partial charge is 0.331 e. The highest BCUT2D eigenvalue weighted by Crippen LogP contribution is 2.76. The predicted molar refractivity (Wildman–Crippen MR) is 117 cm³/mol. The van der Waals surface area contributed by atoms with Gasteiger partial charge < -0.3 is 25.8 Å². The molecule has 0 unspecified atom stereocenters.